The second-order valence-electron chi connectivity index (χ2n) is 5.50. The Balaban J connectivity index is 2.25. The maximum Gasteiger partial charge on any atom is 0.334 e. The Morgan fingerprint density at radius 2 is 2.00 bits per heavy atom. The van der Waals surface area contributed by atoms with Crippen LogP contribution < -0.4 is 19.5 Å². The summed E-state index contributed by atoms with van der Waals surface area (Å²) >= 11 is 0. The van der Waals surface area contributed by atoms with Gasteiger partial charge < -0.3 is 14.6 Å². The Kier molecular flexibility index (Phi) is 6.70. The first kappa shape index (κ1) is 21.3. The molecule has 0 fully saturated rings. The summed E-state index contributed by atoms with van der Waals surface area (Å²) in [6.45, 7) is 1.05. The minimum absolute atomic E-state index is 0.0345. The number of alkyl halides is 1. The van der Waals surface area contributed by atoms with Crippen LogP contribution in [0.5, 0.6) is 11.6 Å². The highest BCUT2D eigenvalue weighted by Crippen LogP contribution is 2.24. The van der Waals surface area contributed by atoms with E-state index in [2.05, 4.69) is 15.3 Å². The van der Waals surface area contributed by atoms with E-state index in [4.69, 9.17) is 9.47 Å². The highest BCUT2D eigenvalue weighted by Gasteiger charge is 2.28. The summed E-state index contributed by atoms with van der Waals surface area (Å²) in [4.78, 5) is 19.3. The van der Waals surface area contributed by atoms with Crippen molar-refractivity contribution >= 4 is 21.9 Å². The van der Waals surface area contributed by atoms with Gasteiger partial charge in [-0.2, -0.15) is 4.98 Å². The van der Waals surface area contributed by atoms with Crippen molar-refractivity contribution in [3.05, 3.63) is 36.2 Å². The molecule has 0 saturated heterocycles. The number of halogens is 1. The standard InChI is InChI=1S/C16H19FN4O6S/c1-9(17)15(22)14-11(5-4-6-18-14)28(24,25)21-16(23)20-12-7-10(26-2)8-13(19-12)27-3/h4-9,15,22H,1-3H3,(H2,19,20,21,23). The lowest BCUT2D eigenvalue weighted by Gasteiger charge is -2.16. The number of pyridine rings is 2. The zero-order valence-corrected chi connectivity index (χ0v) is 16.0. The fourth-order valence-electron chi connectivity index (χ4n) is 2.16. The number of hydrogen-bond acceptors (Lipinski definition) is 8. The molecule has 0 bridgehead atoms. The third-order valence-electron chi connectivity index (χ3n) is 3.49. The molecule has 0 aliphatic rings. The molecule has 10 nitrogen and oxygen atoms in total. The van der Waals surface area contributed by atoms with Crippen LogP contribution >= 0.6 is 0 Å². The maximum atomic E-state index is 13.4. The van der Waals surface area contributed by atoms with E-state index >= 15 is 0 Å². The summed E-state index contributed by atoms with van der Waals surface area (Å²) in [6.07, 6.45) is -2.35. The largest absolute Gasteiger partial charge is 0.496 e. The number of carbonyl (C=O) groups is 1. The Morgan fingerprint density at radius 1 is 1.29 bits per heavy atom. The number of aliphatic hydroxyl groups is 1. The summed E-state index contributed by atoms with van der Waals surface area (Å²) in [6, 6.07) is 4.04. The van der Waals surface area contributed by atoms with Gasteiger partial charge in [-0.15, -0.1) is 0 Å². The van der Waals surface area contributed by atoms with Gasteiger partial charge >= 0.3 is 6.03 Å². The van der Waals surface area contributed by atoms with Gasteiger partial charge in [0.05, 0.1) is 19.9 Å². The molecular weight excluding hydrogens is 395 g/mol. The summed E-state index contributed by atoms with van der Waals surface area (Å²) in [5.41, 5.74) is -0.418. The fraction of sp³-hybridized carbons (Fsp3) is 0.312. The first-order valence-electron chi connectivity index (χ1n) is 7.89. The number of sulfonamides is 1. The third-order valence-corrected chi connectivity index (χ3v) is 4.87. The summed E-state index contributed by atoms with van der Waals surface area (Å²) in [5.74, 6) is 0.416. The number of amides is 2. The molecule has 2 heterocycles. The van der Waals surface area contributed by atoms with Crippen LogP contribution in [0.4, 0.5) is 15.0 Å². The van der Waals surface area contributed by atoms with Crippen LogP contribution in [0.1, 0.15) is 18.7 Å². The van der Waals surface area contributed by atoms with E-state index in [0.29, 0.717) is 5.75 Å². The second kappa shape index (κ2) is 8.80. The number of anilines is 1. The summed E-state index contributed by atoms with van der Waals surface area (Å²) in [5, 5.41) is 12.1. The molecule has 2 aromatic heterocycles. The Hall–Kier alpha value is -2.99. The fourth-order valence-corrected chi connectivity index (χ4v) is 3.27. The lowest BCUT2D eigenvalue weighted by molar-refractivity contribution is 0.0821. The van der Waals surface area contributed by atoms with Gasteiger partial charge in [0, 0.05) is 18.3 Å². The minimum atomic E-state index is -4.46. The lowest BCUT2D eigenvalue weighted by atomic mass is 10.1. The van der Waals surface area contributed by atoms with Crippen LogP contribution in [0.2, 0.25) is 0 Å². The molecule has 0 saturated carbocycles. The first-order chi connectivity index (χ1) is 13.2. The lowest BCUT2D eigenvalue weighted by Crippen LogP contribution is -2.35. The van der Waals surface area contributed by atoms with Gasteiger partial charge in [0.1, 0.15) is 28.7 Å². The number of urea groups is 1. The average Bonchev–Trinajstić information content (AvgIpc) is 2.66. The quantitative estimate of drug-likeness (QED) is 0.618. The maximum absolute atomic E-state index is 13.4. The molecule has 0 radical (unpaired) electrons. The van der Waals surface area contributed by atoms with Gasteiger partial charge in [0.15, 0.2) is 0 Å². The predicted molar refractivity (Wildman–Crippen MR) is 96.4 cm³/mol. The van der Waals surface area contributed by atoms with E-state index in [9.17, 15) is 22.7 Å². The van der Waals surface area contributed by atoms with E-state index < -0.39 is 38.9 Å². The molecule has 0 aromatic carbocycles. The molecule has 2 rings (SSSR count). The number of aromatic nitrogens is 2. The summed E-state index contributed by atoms with van der Waals surface area (Å²) < 4.78 is 50.2. The van der Waals surface area contributed by atoms with E-state index in [1.54, 1.807) is 4.72 Å². The van der Waals surface area contributed by atoms with Gasteiger partial charge in [-0.1, -0.05) is 0 Å². The third kappa shape index (κ3) is 5.04. The monoisotopic (exact) mass is 414 g/mol. The first-order valence-corrected chi connectivity index (χ1v) is 9.37. The van der Waals surface area contributed by atoms with Crippen LogP contribution in [0.3, 0.4) is 0 Å². The summed E-state index contributed by atoms with van der Waals surface area (Å²) in [7, 11) is -1.71. The topological polar surface area (TPSA) is 140 Å². The van der Waals surface area contributed by atoms with Crippen molar-refractivity contribution in [2.45, 2.75) is 24.1 Å². The van der Waals surface area contributed by atoms with Gasteiger partial charge in [-0.05, 0) is 19.1 Å². The Bertz CT molecular complexity index is 932. The average molecular weight is 414 g/mol. The van der Waals surface area contributed by atoms with Gasteiger partial charge in [0.2, 0.25) is 5.88 Å². The van der Waals surface area contributed by atoms with E-state index in [-0.39, 0.29) is 11.7 Å². The number of rotatable bonds is 7. The SMILES string of the molecule is COc1cc(NC(=O)NS(=O)(=O)c2cccnc2C(O)C(C)F)nc(OC)c1. The Labute approximate surface area is 160 Å². The van der Waals surface area contributed by atoms with Crippen molar-refractivity contribution < 1.29 is 32.2 Å². The molecule has 28 heavy (non-hydrogen) atoms. The van der Waals surface area contributed by atoms with E-state index in [0.717, 1.165) is 13.0 Å². The second-order valence-corrected chi connectivity index (χ2v) is 7.15. The van der Waals surface area contributed by atoms with Crippen molar-refractivity contribution in [3.63, 3.8) is 0 Å². The number of nitrogens with zero attached hydrogens (tertiary/aromatic N) is 2. The van der Waals surface area contributed by atoms with Crippen LogP contribution in [0.15, 0.2) is 35.4 Å². The molecule has 3 N–H and O–H groups in total. The molecule has 152 valence electrons. The van der Waals surface area contributed by atoms with Crippen LogP contribution in [0, 0.1) is 0 Å². The van der Waals surface area contributed by atoms with E-state index in [1.165, 1.54) is 38.6 Å². The van der Waals surface area contributed by atoms with Gasteiger partial charge in [0.25, 0.3) is 10.0 Å². The van der Waals surface area contributed by atoms with Crippen molar-refractivity contribution in [3.8, 4) is 11.6 Å². The molecule has 2 unspecified atom stereocenters. The zero-order chi connectivity index (χ0) is 20.9. The van der Waals surface area contributed by atoms with Crippen molar-refractivity contribution in [1.29, 1.82) is 0 Å². The van der Waals surface area contributed by atoms with Gasteiger partial charge in [-0.3, -0.25) is 10.3 Å². The number of nitrogens with one attached hydrogen (secondary N) is 2. The predicted octanol–water partition coefficient (Wildman–Crippen LogP) is 1.40. The smallest absolute Gasteiger partial charge is 0.334 e. The zero-order valence-electron chi connectivity index (χ0n) is 15.2. The highest BCUT2D eigenvalue weighted by atomic mass is 32.2. The molecule has 2 amide bonds. The molecular formula is C16H19FN4O6S. The molecule has 2 atom stereocenters. The van der Waals surface area contributed by atoms with Crippen molar-refractivity contribution in [2.24, 2.45) is 0 Å². The van der Waals surface area contributed by atoms with Crippen molar-refractivity contribution in [2.75, 3.05) is 19.5 Å². The van der Waals surface area contributed by atoms with Crippen molar-refractivity contribution in [1.82, 2.24) is 14.7 Å². The number of methoxy groups -OCH3 is 2. The minimum Gasteiger partial charge on any atom is -0.496 e. The van der Waals surface area contributed by atoms with Gasteiger partial charge in [-0.25, -0.2) is 22.3 Å². The van der Waals surface area contributed by atoms with Crippen LogP contribution in [0.25, 0.3) is 0 Å². The molecule has 0 spiro atoms. The normalized spacial score (nSPS) is 13.3. The molecule has 0 aliphatic carbocycles. The number of hydrogen-bond donors (Lipinski definition) is 3. The molecule has 0 aliphatic heterocycles. The molecule has 12 heteroatoms. The number of carbonyl (C=O) groups excluding carboxylic acids is 1. The number of aliphatic hydroxyl groups excluding tert-OH is 1. The Morgan fingerprint density at radius 3 is 2.61 bits per heavy atom. The van der Waals surface area contributed by atoms with E-state index in [1.807, 2.05) is 0 Å². The number of ether oxygens (including phenoxy) is 2. The van der Waals surface area contributed by atoms with Crippen LogP contribution in [-0.4, -0.2) is 49.9 Å². The highest BCUT2D eigenvalue weighted by molar-refractivity contribution is 7.90. The molecule has 2 aromatic rings. The van der Waals surface area contributed by atoms with Crippen LogP contribution in [-0.2, 0) is 10.0 Å².